The number of Topliss-reactive ketones (excluding diaryl/α,β-unsaturated/α-hetero) is 1. The van der Waals surface area contributed by atoms with Crippen LogP contribution in [0.1, 0.15) is 56.3 Å². The highest BCUT2D eigenvalue weighted by Crippen LogP contribution is 2.33. The predicted octanol–water partition coefficient (Wildman–Crippen LogP) is 6.71. The van der Waals surface area contributed by atoms with E-state index in [1.807, 2.05) is 57.4 Å². The molecule has 1 aliphatic heterocycles. The first-order valence-corrected chi connectivity index (χ1v) is 17.5. The number of para-hydroxylation sites is 2. The molecular weight excluding hydrogens is 628 g/mol. The Labute approximate surface area is 293 Å². The number of hydrazone groups is 1. The molecule has 1 aromatic heterocycles. The van der Waals surface area contributed by atoms with Crippen molar-refractivity contribution in [2.24, 2.45) is 22.9 Å². The number of carbonyl (C=O) groups is 3. The number of pyridine rings is 1. The molecule has 10 nitrogen and oxygen atoms in total. The van der Waals surface area contributed by atoms with E-state index in [4.69, 9.17) is 9.72 Å². The Kier molecular flexibility index (Phi) is 10.7. The second kappa shape index (κ2) is 15.5. The highest BCUT2D eigenvalue weighted by atomic mass is 16.5. The number of carbonyl (C=O) groups excluding carboxylic acids is 3. The van der Waals surface area contributed by atoms with Crippen LogP contribution in [0, 0.1) is 17.8 Å². The zero-order valence-corrected chi connectivity index (χ0v) is 29.3. The lowest BCUT2D eigenvalue weighted by Gasteiger charge is -2.30. The standard InChI is InChI=1S/C40H46N6O4/c1-5-50-31-21-17-28(18-22-31)36(47)23-33(38-26(2)44-46(40(38)49)30-11-7-6-8-12-30)39(48)41-25-27-15-19-29(20-16-27)42-37-24-35(45(3)4)32-13-9-10-14-34(32)43-37/h6-14,17-18,21-22,24,27,29,33,38H,5,15-16,19-20,23,25H2,1-4H3,(H,41,48)(H,42,43)/t27-,29+,33?,38?. The molecule has 0 spiro atoms. The number of rotatable bonds is 13. The summed E-state index contributed by atoms with van der Waals surface area (Å²) in [6.07, 6.45) is 3.66. The molecule has 1 saturated carbocycles. The van der Waals surface area contributed by atoms with E-state index >= 15 is 0 Å². The number of fused-ring (bicyclic) bond motifs is 1. The molecule has 2 amide bonds. The van der Waals surface area contributed by atoms with Crippen LogP contribution in [0.5, 0.6) is 5.75 Å². The molecule has 50 heavy (non-hydrogen) atoms. The van der Waals surface area contributed by atoms with Crippen LogP contribution < -0.4 is 25.3 Å². The summed E-state index contributed by atoms with van der Waals surface area (Å²) in [6, 6.07) is 26.6. The summed E-state index contributed by atoms with van der Waals surface area (Å²) in [5.74, 6) is -0.738. The molecule has 2 atom stereocenters. The van der Waals surface area contributed by atoms with Crippen molar-refractivity contribution in [2.45, 2.75) is 52.0 Å². The van der Waals surface area contributed by atoms with Gasteiger partial charge in [-0.25, -0.2) is 9.99 Å². The zero-order chi connectivity index (χ0) is 35.2. The number of hydrogen-bond donors (Lipinski definition) is 2. The van der Waals surface area contributed by atoms with Crippen LogP contribution in [0.2, 0.25) is 0 Å². The number of aromatic nitrogens is 1. The van der Waals surface area contributed by atoms with Crippen LogP contribution in [0.4, 0.5) is 17.2 Å². The van der Waals surface area contributed by atoms with Gasteiger partial charge in [0.15, 0.2) is 5.78 Å². The van der Waals surface area contributed by atoms with Crippen LogP contribution in [-0.4, -0.2) is 61.6 Å². The van der Waals surface area contributed by atoms with Gasteiger partial charge in [-0.15, -0.1) is 0 Å². The fourth-order valence-electron chi connectivity index (χ4n) is 7.08. The number of hydrogen-bond acceptors (Lipinski definition) is 8. The number of benzene rings is 3. The van der Waals surface area contributed by atoms with Crippen molar-refractivity contribution in [3.63, 3.8) is 0 Å². The van der Waals surface area contributed by atoms with Crippen LogP contribution in [0.15, 0.2) is 90.0 Å². The Balaban J connectivity index is 1.11. The van der Waals surface area contributed by atoms with Crippen molar-refractivity contribution in [3.8, 4) is 5.75 Å². The Hall–Kier alpha value is -5.25. The number of ether oxygens (including phenoxy) is 1. The number of nitrogens with zero attached hydrogens (tertiary/aromatic N) is 4. The van der Waals surface area contributed by atoms with Crippen molar-refractivity contribution in [1.29, 1.82) is 0 Å². The molecule has 1 aliphatic carbocycles. The molecule has 10 heteroatoms. The minimum Gasteiger partial charge on any atom is -0.494 e. The molecule has 2 heterocycles. The Morgan fingerprint density at radius 1 is 0.960 bits per heavy atom. The van der Waals surface area contributed by atoms with Gasteiger partial charge in [0, 0.05) is 61.5 Å². The maximum Gasteiger partial charge on any atom is 0.257 e. The molecular formula is C40H46N6O4. The van der Waals surface area contributed by atoms with Gasteiger partial charge in [0.2, 0.25) is 5.91 Å². The zero-order valence-electron chi connectivity index (χ0n) is 29.3. The fourth-order valence-corrected chi connectivity index (χ4v) is 7.08. The Morgan fingerprint density at radius 3 is 2.36 bits per heavy atom. The molecule has 1 fully saturated rings. The van der Waals surface area contributed by atoms with Gasteiger partial charge in [-0.05, 0) is 87.9 Å². The van der Waals surface area contributed by atoms with Gasteiger partial charge in [0.1, 0.15) is 11.6 Å². The number of anilines is 3. The largest absolute Gasteiger partial charge is 0.494 e. The first-order valence-electron chi connectivity index (χ1n) is 17.5. The quantitative estimate of drug-likeness (QED) is 0.151. The second-order valence-corrected chi connectivity index (χ2v) is 13.4. The molecule has 0 saturated heterocycles. The van der Waals surface area contributed by atoms with E-state index in [2.05, 4.69) is 32.8 Å². The van der Waals surface area contributed by atoms with E-state index in [1.165, 1.54) is 5.01 Å². The van der Waals surface area contributed by atoms with E-state index in [9.17, 15) is 14.4 Å². The topological polar surface area (TPSA) is 116 Å². The van der Waals surface area contributed by atoms with Gasteiger partial charge in [-0.3, -0.25) is 14.4 Å². The summed E-state index contributed by atoms with van der Waals surface area (Å²) in [6.45, 7) is 4.66. The van der Waals surface area contributed by atoms with Crippen molar-refractivity contribution in [2.75, 3.05) is 42.5 Å². The van der Waals surface area contributed by atoms with Crippen molar-refractivity contribution >= 4 is 51.4 Å². The monoisotopic (exact) mass is 674 g/mol. The van der Waals surface area contributed by atoms with Crippen LogP contribution in [-0.2, 0) is 9.59 Å². The van der Waals surface area contributed by atoms with Gasteiger partial charge in [0.25, 0.3) is 5.91 Å². The first kappa shape index (κ1) is 34.6. The Morgan fingerprint density at radius 2 is 1.66 bits per heavy atom. The summed E-state index contributed by atoms with van der Waals surface area (Å²) in [4.78, 5) is 48.3. The minimum absolute atomic E-state index is 0.115. The molecule has 3 aromatic carbocycles. The lowest BCUT2D eigenvalue weighted by Crippen LogP contribution is -2.44. The summed E-state index contributed by atoms with van der Waals surface area (Å²) in [7, 11) is 4.09. The first-order chi connectivity index (χ1) is 24.2. The third kappa shape index (κ3) is 7.80. The number of nitrogens with one attached hydrogen (secondary N) is 2. The lowest BCUT2D eigenvalue weighted by atomic mass is 9.82. The average molecular weight is 675 g/mol. The molecule has 2 N–H and O–H groups in total. The highest BCUT2D eigenvalue weighted by Gasteiger charge is 2.44. The van der Waals surface area contributed by atoms with E-state index < -0.39 is 11.8 Å². The maximum absolute atomic E-state index is 14.0. The van der Waals surface area contributed by atoms with Gasteiger partial charge < -0.3 is 20.3 Å². The van der Waals surface area contributed by atoms with E-state index in [0.717, 1.165) is 48.1 Å². The summed E-state index contributed by atoms with van der Waals surface area (Å²) in [5.41, 5.74) is 3.69. The van der Waals surface area contributed by atoms with Gasteiger partial charge in [-0.1, -0.05) is 36.4 Å². The molecule has 260 valence electrons. The van der Waals surface area contributed by atoms with Crippen molar-refractivity contribution in [3.05, 3.63) is 90.5 Å². The molecule has 2 aliphatic rings. The van der Waals surface area contributed by atoms with Crippen LogP contribution in [0.3, 0.4) is 0 Å². The van der Waals surface area contributed by atoms with E-state index in [1.54, 1.807) is 43.3 Å². The number of ketones is 1. The SMILES string of the molecule is CCOc1ccc(C(=O)CC(C(=O)NC[C@H]2CC[C@@H](Nc3cc(N(C)C)c4ccccc4n3)CC2)C2C(=O)N(c3ccccc3)N=C2C)cc1. The summed E-state index contributed by atoms with van der Waals surface area (Å²) in [5, 5.41) is 13.8. The maximum atomic E-state index is 14.0. The summed E-state index contributed by atoms with van der Waals surface area (Å²) < 4.78 is 5.53. The van der Waals surface area contributed by atoms with E-state index in [0.29, 0.717) is 35.9 Å². The average Bonchev–Trinajstić information content (AvgIpc) is 3.43. The third-order valence-electron chi connectivity index (χ3n) is 9.76. The van der Waals surface area contributed by atoms with Crippen molar-refractivity contribution in [1.82, 2.24) is 10.3 Å². The molecule has 4 aromatic rings. The van der Waals surface area contributed by atoms with Gasteiger partial charge in [0.05, 0.1) is 29.6 Å². The highest BCUT2D eigenvalue weighted by molar-refractivity contribution is 6.17. The van der Waals surface area contributed by atoms with Crippen molar-refractivity contribution < 1.29 is 19.1 Å². The Bertz CT molecular complexity index is 1850. The molecule has 0 radical (unpaired) electrons. The van der Waals surface area contributed by atoms with Gasteiger partial charge >= 0.3 is 0 Å². The van der Waals surface area contributed by atoms with Crippen LogP contribution >= 0.6 is 0 Å². The second-order valence-electron chi connectivity index (χ2n) is 13.4. The third-order valence-corrected chi connectivity index (χ3v) is 9.76. The minimum atomic E-state index is -0.901. The molecule has 6 rings (SSSR count). The van der Waals surface area contributed by atoms with E-state index in [-0.39, 0.29) is 36.0 Å². The smallest absolute Gasteiger partial charge is 0.257 e. The normalized spacial score (nSPS) is 19.5. The van der Waals surface area contributed by atoms with Crippen LogP contribution in [0.25, 0.3) is 10.9 Å². The van der Waals surface area contributed by atoms with Gasteiger partial charge in [-0.2, -0.15) is 5.10 Å². The molecule has 2 unspecified atom stereocenters. The lowest BCUT2D eigenvalue weighted by molar-refractivity contribution is -0.131. The number of amides is 2. The molecule has 0 bridgehead atoms. The predicted molar refractivity (Wildman–Crippen MR) is 199 cm³/mol. The summed E-state index contributed by atoms with van der Waals surface area (Å²) >= 11 is 0. The fraction of sp³-hybridized carbons (Fsp3) is 0.375.